The first-order valence-electron chi connectivity index (χ1n) is 10.4. The number of nitrogens with two attached hydrogens (primary N) is 1. The third-order valence-electron chi connectivity index (χ3n) is 5.49. The van der Waals surface area contributed by atoms with Crippen LogP contribution in [0, 0.1) is 5.82 Å². The number of aromatic nitrogens is 2. The monoisotopic (exact) mass is 520 g/mol. The standard InChI is InChI=1S/C22H19F7N4O3/c1-20(8-18(22(27,28)29)35-19(30)32-20)13-6-11(2-4-14(13)23)17-7-16(33-36-17)15-5-3-12(9-31-15)34-10-21(24,25)26/h2-7,9,18-19,32H,8,10,30H2,1H3/t18-,19?,20-/m0/s1. The first kappa shape index (κ1) is 25.9. The summed E-state index contributed by atoms with van der Waals surface area (Å²) in [6.07, 6.45) is -12.4. The van der Waals surface area contributed by atoms with E-state index in [4.69, 9.17) is 15.0 Å². The Bertz CT molecular complexity index is 1210. The van der Waals surface area contributed by atoms with E-state index >= 15 is 0 Å². The quantitative estimate of drug-likeness (QED) is 0.463. The summed E-state index contributed by atoms with van der Waals surface area (Å²) in [5.74, 6) is -0.715. The Labute approximate surface area is 199 Å². The maximum atomic E-state index is 14.8. The molecule has 0 saturated carbocycles. The predicted molar refractivity (Wildman–Crippen MR) is 111 cm³/mol. The van der Waals surface area contributed by atoms with E-state index in [9.17, 15) is 30.7 Å². The molecule has 0 bridgehead atoms. The molecule has 36 heavy (non-hydrogen) atoms. The number of hydrogen-bond acceptors (Lipinski definition) is 7. The average Bonchev–Trinajstić information content (AvgIpc) is 3.27. The van der Waals surface area contributed by atoms with Crippen molar-refractivity contribution < 1.29 is 44.7 Å². The van der Waals surface area contributed by atoms with Crippen LogP contribution >= 0.6 is 0 Å². The second-order valence-electron chi connectivity index (χ2n) is 8.32. The summed E-state index contributed by atoms with van der Waals surface area (Å²) in [6, 6.07) is 7.84. The molecule has 0 spiro atoms. The lowest BCUT2D eigenvalue weighted by Gasteiger charge is -2.43. The Balaban J connectivity index is 1.58. The number of pyridine rings is 1. The lowest BCUT2D eigenvalue weighted by molar-refractivity contribution is -0.260. The molecule has 0 amide bonds. The van der Waals surface area contributed by atoms with E-state index in [1.54, 1.807) is 0 Å². The van der Waals surface area contributed by atoms with E-state index in [1.807, 2.05) is 0 Å². The fraction of sp³-hybridized carbons (Fsp3) is 0.364. The fourth-order valence-electron chi connectivity index (χ4n) is 3.80. The van der Waals surface area contributed by atoms with Crippen molar-refractivity contribution in [2.75, 3.05) is 6.61 Å². The number of ether oxygens (including phenoxy) is 2. The minimum Gasteiger partial charge on any atom is -0.483 e. The highest BCUT2D eigenvalue weighted by Gasteiger charge is 2.50. The van der Waals surface area contributed by atoms with Gasteiger partial charge in [0, 0.05) is 29.2 Å². The van der Waals surface area contributed by atoms with Crippen molar-refractivity contribution in [1.29, 1.82) is 0 Å². The number of rotatable bonds is 5. The van der Waals surface area contributed by atoms with Gasteiger partial charge >= 0.3 is 12.4 Å². The molecule has 7 nitrogen and oxygen atoms in total. The highest BCUT2D eigenvalue weighted by atomic mass is 19.4. The van der Waals surface area contributed by atoms with E-state index in [0.29, 0.717) is 5.56 Å². The molecule has 1 fully saturated rings. The molecule has 3 heterocycles. The zero-order valence-electron chi connectivity index (χ0n) is 18.5. The van der Waals surface area contributed by atoms with Crippen molar-refractivity contribution in [2.45, 2.75) is 43.7 Å². The Morgan fingerprint density at radius 2 is 1.86 bits per heavy atom. The van der Waals surface area contributed by atoms with Gasteiger partial charge in [-0.2, -0.15) is 26.3 Å². The van der Waals surface area contributed by atoms with Crippen LogP contribution in [0.2, 0.25) is 0 Å². The normalized spacial score (nSPS) is 23.0. The zero-order chi connectivity index (χ0) is 26.3. The third kappa shape index (κ3) is 5.77. The first-order valence-corrected chi connectivity index (χ1v) is 10.4. The third-order valence-corrected chi connectivity index (χ3v) is 5.49. The molecule has 3 atom stereocenters. The highest BCUT2D eigenvalue weighted by Crippen LogP contribution is 2.40. The van der Waals surface area contributed by atoms with E-state index in [0.717, 1.165) is 12.3 Å². The molecular formula is C22H19F7N4O3. The van der Waals surface area contributed by atoms with Crippen LogP contribution in [-0.4, -0.2) is 41.6 Å². The van der Waals surface area contributed by atoms with Gasteiger partial charge in [0.2, 0.25) is 0 Å². The van der Waals surface area contributed by atoms with Gasteiger partial charge in [0.05, 0.1) is 11.9 Å². The van der Waals surface area contributed by atoms with Gasteiger partial charge in [-0.05, 0) is 37.3 Å². The second-order valence-corrected chi connectivity index (χ2v) is 8.32. The number of halogens is 7. The van der Waals surface area contributed by atoms with E-state index in [-0.39, 0.29) is 28.5 Å². The fourth-order valence-corrected chi connectivity index (χ4v) is 3.80. The van der Waals surface area contributed by atoms with Crippen LogP contribution in [0.1, 0.15) is 18.9 Å². The number of nitrogens with zero attached hydrogens (tertiary/aromatic N) is 2. The van der Waals surface area contributed by atoms with Gasteiger partial charge in [-0.15, -0.1) is 0 Å². The molecule has 0 radical (unpaired) electrons. The van der Waals surface area contributed by atoms with E-state index in [1.165, 1.54) is 37.3 Å². The Kier molecular flexibility index (Phi) is 6.70. The summed E-state index contributed by atoms with van der Waals surface area (Å²) in [5, 5.41) is 6.52. The number of benzene rings is 1. The topological polar surface area (TPSA) is 95.4 Å². The lowest BCUT2D eigenvalue weighted by Crippen LogP contribution is -2.61. The molecule has 2 aromatic heterocycles. The van der Waals surface area contributed by atoms with Crippen molar-refractivity contribution in [3.8, 4) is 28.5 Å². The Hall–Kier alpha value is -3.23. The summed E-state index contributed by atoms with van der Waals surface area (Å²) in [6.45, 7) is -0.0853. The zero-order valence-corrected chi connectivity index (χ0v) is 18.5. The lowest BCUT2D eigenvalue weighted by atomic mass is 9.83. The minimum absolute atomic E-state index is 0.0877. The van der Waals surface area contributed by atoms with Crippen LogP contribution in [0.15, 0.2) is 47.1 Å². The SMILES string of the molecule is C[C@@]1(c2cc(-c3cc(-c4ccc(OCC(F)(F)F)cn4)no3)ccc2F)C[C@@H](C(F)(F)F)OC(N)N1. The molecule has 3 N–H and O–H groups in total. The number of alkyl halides is 6. The molecule has 0 aliphatic carbocycles. The second kappa shape index (κ2) is 9.33. The van der Waals surface area contributed by atoms with E-state index in [2.05, 4.69) is 20.2 Å². The van der Waals surface area contributed by atoms with E-state index < -0.39 is 49.2 Å². The molecule has 1 aliphatic rings. The number of nitrogens with one attached hydrogen (secondary N) is 1. The Morgan fingerprint density at radius 3 is 2.50 bits per heavy atom. The van der Waals surface area contributed by atoms with Gasteiger partial charge in [0.15, 0.2) is 24.8 Å². The first-order chi connectivity index (χ1) is 16.7. The van der Waals surface area contributed by atoms with Crippen molar-refractivity contribution in [3.05, 3.63) is 54.0 Å². The largest absolute Gasteiger partial charge is 0.483 e. The van der Waals surface area contributed by atoms with Crippen molar-refractivity contribution >= 4 is 0 Å². The maximum Gasteiger partial charge on any atom is 0.422 e. The van der Waals surface area contributed by atoms with Gasteiger partial charge in [-0.25, -0.2) is 4.39 Å². The molecule has 1 aliphatic heterocycles. The van der Waals surface area contributed by atoms with Crippen molar-refractivity contribution in [1.82, 2.24) is 15.5 Å². The molecule has 4 rings (SSSR count). The van der Waals surface area contributed by atoms with Crippen LogP contribution in [0.3, 0.4) is 0 Å². The van der Waals surface area contributed by atoms with Crippen molar-refractivity contribution in [3.63, 3.8) is 0 Å². The smallest absolute Gasteiger partial charge is 0.422 e. The number of hydrogen-bond donors (Lipinski definition) is 2. The molecule has 1 aromatic carbocycles. The molecular weight excluding hydrogens is 501 g/mol. The van der Waals surface area contributed by atoms with Gasteiger partial charge in [0.1, 0.15) is 17.3 Å². The van der Waals surface area contributed by atoms with Gasteiger partial charge in [-0.1, -0.05) is 5.16 Å². The van der Waals surface area contributed by atoms with Crippen LogP contribution in [-0.2, 0) is 10.3 Å². The van der Waals surface area contributed by atoms with Crippen LogP contribution in [0.5, 0.6) is 5.75 Å². The van der Waals surface area contributed by atoms with Crippen LogP contribution in [0.25, 0.3) is 22.7 Å². The summed E-state index contributed by atoms with van der Waals surface area (Å²) >= 11 is 0. The van der Waals surface area contributed by atoms with Gasteiger partial charge < -0.3 is 14.0 Å². The van der Waals surface area contributed by atoms with Crippen molar-refractivity contribution in [2.24, 2.45) is 5.73 Å². The predicted octanol–water partition coefficient (Wildman–Crippen LogP) is 4.88. The maximum absolute atomic E-state index is 14.8. The molecule has 1 saturated heterocycles. The average molecular weight is 520 g/mol. The molecule has 3 aromatic rings. The Morgan fingerprint density at radius 1 is 1.11 bits per heavy atom. The highest BCUT2D eigenvalue weighted by molar-refractivity contribution is 5.65. The summed E-state index contributed by atoms with van der Waals surface area (Å²) < 4.78 is 106. The van der Waals surface area contributed by atoms with Crippen LogP contribution in [0.4, 0.5) is 30.7 Å². The molecule has 1 unspecified atom stereocenters. The van der Waals surface area contributed by atoms with Gasteiger partial charge in [-0.3, -0.25) is 16.0 Å². The molecule has 194 valence electrons. The summed E-state index contributed by atoms with van der Waals surface area (Å²) in [5.41, 5.74) is 4.77. The minimum atomic E-state index is -4.70. The summed E-state index contributed by atoms with van der Waals surface area (Å²) in [4.78, 5) is 3.99. The van der Waals surface area contributed by atoms with Gasteiger partial charge in [0.25, 0.3) is 0 Å². The van der Waals surface area contributed by atoms with Crippen LogP contribution < -0.4 is 15.8 Å². The molecule has 14 heteroatoms. The summed E-state index contributed by atoms with van der Waals surface area (Å²) in [7, 11) is 0.